The maximum atomic E-state index is 13.1. The van der Waals surface area contributed by atoms with Crippen molar-refractivity contribution in [3.05, 3.63) is 0 Å². The fourth-order valence-electron chi connectivity index (χ4n) is 5.97. The van der Waals surface area contributed by atoms with Crippen LogP contribution in [0.4, 0.5) is 4.79 Å². The van der Waals surface area contributed by atoms with E-state index in [2.05, 4.69) is 41.5 Å². The van der Waals surface area contributed by atoms with E-state index in [1.54, 1.807) is 0 Å². The van der Waals surface area contributed by atoms with Crippen molar-refractivity contribution in [2.24, 2.45) is 35.5 Å². The zero-order chi connectivity index (χ0) is 21.1. The van der Waals surface area contributed by atoms with Crippen LogP contribution in [0, 0.1) is 35.5 Å². The summed E-state index contributed by atoms with van der Waals surface area (Å²) in [6, 6.07) is 0. The van der Waals surface area contributed by atoms with E-state index in [1.165, 1.54) is 0 Å². The molecule has 2 aliphatic carbocycles. The van der Waals surface area contributed by atoms with Gasteiger partial charge in [0.15, 0.2) is 0 Å². The van der Waals surface area contributed by atoms with Crippen LogP contribution in [-0.4, -0.2) is 29.1 Å². The lowest BCUT2D eigenvalue weighted by atomic mass is 9.67. The van der Waals surface area contributed by atoms with E-state index in [1.807, 2.05) is 0 Å². The summed E-state index contributed by atoms with van der Waals surface area (Å²) in [6.45, 7) is 13.2. The molecular formula is C23H40Cl2O3. The van der Waals surface area contributed by atoms with Crippen molar-refractivity contribution in [2.75, 3.05) is 11.8 Å². The van der Waals surface area contributed by atoms with Crippen LogP contribution >= 0.6 is 23.2 Å². The number of carbonyl (C=O) groups excluding carboxylic acids is 1. The first-order valence-corrected chi connectivity index (χ1v) is 12.2. The summed E-state index contributed by atoms with van der Waals surface area (Å²) in [5.41, 5.74) is -1.29. The van der Waals surface area contributed by atoms with Gasteiger partial charge >= 0.3 is 6.16 Å². The zero-order valence-electron chi connectivity index (χ0n) is 18.6. The third kappa shape index (κ3) is 5.12. The van der Waals surface area contributed by atoms with Crippen LogP contribution < -0.4 is 0 Å². The predicted octanol–water partition coefficient (Wildman–Crippen LogP) is 7.28. The average Bonchev–Trinajstić information content (AvgIpc) is 2.60. The van der Waals surface area contributed by atoms with Gasteiger partial charge in [0.25, 0.3) is 0 Å². The topological polar surface area (TPSA) is 35.5 Å². The minimum absolute atomic E-state index is 0.256. The van der Waals surface area contributed by atoms with Crippen LogP contribution in [0.1, 0.15) is 80.1 Å². The Morgan fingerprint density at radius 1 is 0.821 bits per heavy atom. The summed E-state index contributed by atoms with van der Waals surface area (Å²) in [5, 5.41) is 0. The molecule has 0 aromatic heterocycles. The van der Waals surface area contributed by atoms with Gasteiger partial charge in [0.2, 0.25) is 0 Å². The highest BCUT2D eigenvalue weighted by Crippen LogP contribution is 2.47. The molecule has 3 nitrogen and oxygen atoms in total. The van der Waals surface area contributed by atoms with Crippen molar-refractivity contribution in [2.45, 2.75) is 91.3 Å². The summed E-state index contributed by atoms with van der Waals surface area (Å²) in [6.07, 6.45) is 5.38. The van der Waals surface area contributed by atoms with Gasteiger partial charge in [-0.05, 0) is 49.4 Å². The van der Waals surface area contributed by atoms with E-state index < -0.39 is 17.4 Å². The molecule has 0 saturated heterocycles. The molecule has 0 amide bonds. The van der Waals surface area contributed by atoms with Crippen LogP contribution in [0.15, 0.2) is 0 Å². The van der Waals surface area contributed by atoms with Gasteiger partial charge in [-0.3, -0.25) is 0 Å². The molecule has 6 unspecified atom stereocenters. The van der Waals surface area contributed by atoms with Crippen LogP contribution in [0.2, 0.25) is 0 Å². The molecule has 2 saturated carbocycles. The van der Waals surface area contributed by atoms with Crippen LogP contribution in [0.5, 0.6) is 0 Å². The van der Waals surface area contributed by atoms with E-state index in [0.717, 1.165) is 38.5 Å². The zero-order valence-corrected chi connectivity index (χ0v) is 20.1. The number of hydrogen-bond acceptors (Lipinski definition) is 3. The molecule has 0 N–H and O–H groups in total. The van der Waals surface area contributed by atoms with E-state index in [0.29, 0.717) is 35.4 Å². The maximum absolute atomic E-state index is 13.1. The molecule has 0 aromatic rings. The average molecular weight is 435 g/mol. The lowest BCUT2D eigenvalue weighted by molar-refractivity contribution is -0.141. The number of carbonyl (C=O) groups is 1. The Morgan fingerprint density at radius 3 is 1.46 bits per heavy atom. The number of alkyl halides is 2. The molecule has 2 rings (SSSR count). The number of hydrogen-bond donors (Lipinski definition) is 0. The first-order valence-electron chi connectivity index (χ1n) is 11.1. The van der Waals surface area contributed by atoms with E-state index in [9.17, 15) is 4.79 Å². The molecule has 0 aromatic carbocycles. The summed E-state index contributed by atoms with van der Waals surface area (Å²) >= 11 is 12.9. The Balaban J connectivity index is 2.23. The van der Waals surface area contributed by atoms with Gasteiger partial charge in [0.05, 0.1) is 11.8 Å². The fraction of sp³-hybridized carbons (Fsp3) is 0.957. The number of halogens is 2. The normalized spacial score (nSPS) is 39.2. The molecule has 0 aliphatic heterocycles. The van der Waals surface area contributed by atoms with Crippen molar-refractivity contribution in [1.29, 1.82) is 0 Å². The van der Waals surface area contributed by atoms with Gasteiger partial charge in [-0.2, -0.15) is 0 Å². The van der Waals surface area contributed by atoms with Gasteiger partial charge < -0.3 is 9.47 Å². The fourth-order valence-corrected chi connectivity index (χ4v) is 6.70. The molecule has 28 heavy (non-hydrogen) atoms. The molecule has 2 aliphatic rings. The SMILES string of the molecule is CC1CCC(C(C)C)C(CCl)(OC(=O)OC2(CCl)CC(C)CCC2C(C)C)C1. The first-order chi connectivity index (χ1) is 13.1. The van der Waals surface area contributed by atoms with E-state index in [-0.39, 0.29) is 11.8 Å². The van der Waals surface area contributed by atoms with Gasteiger partial charge in [-0.25, -0.2) is 4.79 Å². The Kier molecular flexibility index (Phi) is 8.42. The highest BCUT2D eigenvalue weighted by atomic mass is 35.5. The molecule has 5 heteroatoms. The monoisotopic (exact) mass is 434 g/mol. The smallest absolute Gasteiger partial charge is 0.426 e. The standard InChI is InChI=1S/C23H40Cl2O3/c1-15(2)19-9-7-17(5)11-22(19,13-24)27-21(26)28-23(14-25)12-18(6)8-10-20(23)16(3)4/h15-20H,7-14H2,1-6H3. The Morgan fingerprint density at radius 2 is 1.18 bits per heavy atom. The summed E-state index contributed by atoms with van der Waals surface area (Å²) in [4.78, 5) is 13.1. The molecule has 0 radical (unpaired) electrons. The van der Waals surface area contributed by atoms with Crippen molar-refractivity contribution >= 4 is 29.4 Å². The lowest BCUT2D eigenvalue weighted by Crippen LogP contribution is -2.54. The second-order valence-corrected chi connectivity index (χ2v) is 10.9. The molecule has 6 atom stereocenters. The number of ether oxygens (including phenoxy) is 2. The van der Waals surface area contributed by atoms with Crippen LogP contribution in [-0.2, 0) is 9.47 Å². The van der Waals surface area contributed by atoms with Crippen molar-refractivity contribution in [1.82, 2.24) is 0 Å². The highest BCUT2D eigenvalue weighted by Gasteiger charge is 2.51. The Labute approximate surface area is 182 Å². The second kappa shape index (κ2) is 9.77. The third-order valence-corrected chi connectivity index (χ3v) is 8.22. The van der Waals surface area contributed by atoms with Crippen LogP contribution in [0.25, 0.3) is 0 Å². The van der Waals surface area contributed by atoms with Gasteiger partial charge in [-0.15, -0.1) is 23.2 Å². The van der Waals surface area contributed by atoms with Crippen LogP contribution in [0.3, 0.4) is 0 Å². The molecule has 0 bridgehead atoms. The predicted molar refractivity (Wildman–Crippen MR) is 117 cm³/mol. The summed E-state index contributed by atoms with van der Waals surface area (Å²) in [7, 11) is 0. The van der Waals surface area contributed by atoms with Gasteiger partial charge in [0.1, 0.15) is 11.2 Å². The maximum Gasteiger partial charge on any atom is 0.509 e. The largest absolute Gasteiger partial charge is 0.509 e. The van der Waals surface area contributed by atoms with Crippen molar-refractivity contribution in [3.63, 3.8) is 0 Å². The van der Waals surface area contributed by atoms with Gasteiger partial charge in [0, 0.05) is 11.8 Å². The molecule has 2 fully saturated rings. The third-order valence-electron chi connectivity index (χ3n) is 7.32. The first kappa shape index (κ1) is 24.1. The summed E-state index contributed by atoms with van der Waals surface area (Å²) < 4.78 is 12.2. The quantitative estimate of drug-likeness (QED) is 0.325. The second-order valence-electron chi connectivity index (χ2n) is 10.3. The number of rotatable bonds is 6. The highest BCUT2D eigenvalue weighted by molar-refractivity contribution is 6.19. The molecule has 0 spiro atoms. The van der Waals surface area contributed by atoms with E-state index >= 15 is 0 Å². The minimum atomic E-state index is -0.647. The Hall–Kier alpha value is -0.150. The van der Waals surface area contributed by atoms with E-state index in [4.69, 9.17) is 32.7 Å². The summed E-state index contributed by atoms with van der Waals surface area (Å²) in [5.74, 6) is 2.92. The molecule has 164 valence electrons. The molecule has 0 heterocycles. The molecular weight excluding hydrogens is 395 g/mol. The minimum Gasteiger partial charge on any atom is -0.426 e. The van der Waals surface area contributed by atoms with Crippen molar-refractivity contribution in [3.8, 4) is 0 Å². The van der Waals surface area contributed by atoms with Crippen molar-refractivity contribution < 1.29 is 14.3 Å². The lowest BCUT2D eigenvalue weighted by Gasteiger charge is -2.48. The van der Waals surface area contributed by atoms with Gasteiger partial charge in [-0.1, -0.05) is 54.4 Å². The Bertz CT molecular complexity index is 480.